The Labute approximate surface area is 66.9 Å². The highest BCUT2D eigenvalue weighted by Crippen LogP contribution is 2.46. The van der Waals surface area contributed by atoms with Crippen molar-refractivity contribution in [1.82, 2.24) is 0 Å². The van der Waals surface area contributed by atoms with Crippen molar-refractivity contribution in [3.63, 3.8) is 0 Å². The summed E-state index contributed by atoms with van der Waals surface area (Å²) < 4.78 is 0. The number of hydrogen-bond acceptors (Lipinski definition) is 2. The zero-order valence-electron chi connectivity index (χ0n) is 7.02. The Morgan fingerprint density at radius 3 is 2.55 bits per heavy atom. The third kappa shape index (κ3) is 0.607. The molecule has 2 heteroatoms. The van der Waals surface area contributed by atoms with Gasteiger partial charge in [0.1, 0.15) is 0 Å². The van der Waals surface area contributed by atoms with Crippen molar-refractivity contribution >= 4 is 0 Å². The van der Waals surface area contributed by atoms with Crippen molar-refractivity contribution in [1.29, 1.82) is 0 Å². The first-order valence-electron chi connectivity index (χ1n) is 4.00. The molecule has 0 spiro atoms. The average molecular weight is 150 g/mol. The maximum atomic E-state index is 6.13. The van der Waals surface area contributed by atoms with Crippen LogP contribution in [0.3, 0.4) is 0 Å². The molecule has 0 aliphatic heterocycles. The van der Waals surface area contributed by atoms with Crippen molar-refractivity contribution in [3.8, 4) is 0 Å². The summed E-state index contributed by atoms with van der Waals surface area (Å²) in [5.74, 6) is 0.528. The summed E-state index contributed by atoms with van der Waals surface area (Å²) in [7, 11) is 0. The van der Waals surface area contributed by atoms with Gasteiger partial charge in [0, 0.05) is 11.6 Å². The average Bonchev–Trinajstić information content (AvgIpc) is 2.34. The molecule has 0 aromatic heterocycles. The third-order valence-electron chi connectivity index (χ3n) is 3.25. The van der Waals surface area contributed by atoms with E-state index in [1.807, 2.05) is 0 Å². The van der Waals surface area contributed by atoms with E-state index in [9.17, 15) is 0 Å². The maximum absolute atomic E-state index is 6.13. The van der Waals surface area contributed by atoms with Crippen molar-refractivity contribution in [3.05, 3.63) is 22.9 Å². The van der Waals surface area contributed by atoms with E-state index in [4.69, 9.17) is 11.5 Å². The minimum absolute atomic E-state index is 0.283. The first kappa shape index (κ1) is 6.92. The lowest BCUT2D eigenvalue weighted by molar-refractivity contribution is 0.571. The molecule has 2 aliphatic rings. The lowest BCUT2D eigenvalue weighted by Crippen LogP contribution is -2.42. The summed E-state index contributed by atoms with van der Waals surface area (Å²) in [5.41, 5.74) is 15.2. The summed E-state index contributed by atoms with van der Waals surface area (Å²) >= 11 is 0. The van der Waals surface area contributed by atoms with Crippen LogP contribution >= 0.6 is 0 Å². The van der Waals surface area contributed by atoms with Crippen molar-refractivity contribution < 1.29 is 0 Å². The van der Waals surface area contributed by atoms with E-state index in [0.29, 0.717) is 5.92 Å². The summed E-state index contributed by atoms with van der Waals surface area (Å²) in [6.45, 7) is 4.24. The van der Waals surface area contributed by atoms with Gasteiger partial charge in [0.15, 0.2) is 0 Å². The molecule has 0 fully saturated rings. The predicted octanol–water partition coefficient (Wildman–Crippen LogP) is 0.896. The van der Waals surface area contributed by atoms with Gasteiger partial charge in [0.2, 0.25) is 0 Å². The third-order valence-corrected chi connectivity index (χ3v) is 3.25. The number of fused-ring (bicyclic) bond motifs is 2. The SMILES string of the molecule is CC1=C(C)C2(N)CC1C=C2N. The molecule has 11 heavy (non-hydrogen) atoms. The van der Waals surface area contributed by atoms with E-state index < -0.39 is 0 Å². The van der Waals surface area contributed by atoms with Crippen LogP contribution in [-0.4, -0.2) is 5.54 Å². The van der Waals surface area contributed by atoms with Crippen LogP contribution in [0.15, 0.2) is 22.9 Å². The fourth-order valence-corrected chi connectivity index (χ4v) is 2.17. The smallest absolute Gasteiger partial charge is 0.0776 e. The molecule has 0 heterocycles. The lowest BCUT2D eigenvalue weighted by atomic mass is 9.91. The van der Waals surface area contributed by atoms with Gasteiger partial charge in [-0.2, -0.15) is 0 Å². The highest BCUT2D eigenvalue weighted by atomic mass is 14.9. The molecule has 2 rings (SSSR count). The molecule has 0 saturated heterocycles. The summed E-state index contributed by atoms with van der Waals surface area (Å²) in [5, 5.41) is 0. The Balaban J connectivity index is 2.52. The lowest BCUT2D eigenvalue weighted by Gasteiger charge is -2.24. The fourth-order valence-electron chi connectivity index (χ4n) is 2.17. The van der Waals surface area contributed by atoms with Crippen LogP contribution in [0.2, 0.25) is 0 Å². The molecule has 2 unspecified atom stereocenters. The van der Waals surface area contributed by atoms with Crippen LogP contribution < -0.4 is 11.5 Å². The van der Waals surface area contributed by atoms with Crippen molar-refractivity contribution in [2.24, 2.45) is 17.4 Å². The first-order chi connectivity index (χ1) is 5.05. The Kier molecular flexibility index (Phi) is 1.07. The van der Waals surface area contributed by atoms with E-state index in [0.717, 1.165) is 12.1 Å². The molecule has 2 aliphatic carbocycles. The van der Waals surface area contributed by atoms with Gasteiger partial charge in [-0.05, 0) is 25.8 Å². The van der Waals surface area contributed by atoms with Crippen LogP contribution in [0, 0.1) is 5.92 Å². The van der Waals surface area contributed by atoms with Gasteiger partial charge < -0.3 is 11.5 Å². The van der Waals surface area contributed by atoms with Gasteiger partial charge in [-0.3, -0.25) is 0 Å². The highest BCUT2D eigenvalue weighted by molar-refractivity contribution is 5.48. The van der Waals surface area contributed by atoms with E-state index in [1.54, 1.807) is 0 Å². The van der Waals surface area contributed by atoms with Crippen LogP contribution in [0.5, 0.6) is 0 Å². The molecule has 4 N–H and O–H groups in total. The second-order valence-corrected chi connectivity index (χ2v) is 3.71. The Morgan fingerprint density at radius 2 is 2.18 bits per heavy atom. The minimum atomic E-state index is -0.283. The van der Waals surface area contributed by atoms with Crippen LogP contribution in [0.25, 0.3) is 0 Å². The first-order valence-corrected chi connectivity index (χ1v) is 4.00. The number of allylic oxidation sites excluding steroid dienone is 2. The molecule has 2 atom stereocenters. The van der Waals surface area contributed by atoms with Gasteiger partial charge in [0.05, 0.1) is 5.54 Å². The quantitative estimate of drug-likeness (QED) is 0.504. The van der Waals surface area contributed by atoms with E-state index in [1.165, 1.54) is 11.1 Å². The van der Waals surface area contributed by atoms with E-state index >= 15 is 0 Å². The topological polar surface area (TPSA) is 52.0 Å². The largest absolute Gasteiger partial charge is 0.400 e. The number of nitrogens with two attached hydrogens (primary N) is 2. The standard InChI is InChI=1S/C9H14N2/c1-5-6(2)9(11)4-7(5)3-8(9)10/h3,7H,4,10-11H2,1-2H3. The highest BCUT2D eigenvalue weighted by Gasteiger charge is 2.45. The van der Waals surface area contributed by atoms with Crippen molar-refractivity contribution in [2.75, 3.05) is 0 Å². The summed E-state index contributed by atoms with van der Waals surface area (Å²) in [4.78, 5) is 0. The van der Waals surface area contributed by atoms with Gasteiger partial charge in [-0.1, -0.05) is 11.6 Å². The zero-order chi connectivity index (χ0) is 8.22. The zero-order valence-corrected chi connectivity index (χ0v) is 7.02. The van der Waals surface area contributed by atoms with Crippen LogP contribution in [0.4, 0.5) is 0 Å². The van der Waals surface area contributed by atoms with E-state index in [-0.39, 0.29) is 5.54 Å². The molecular weight excluding hydrogens is 136 g/mol. The summed E-state index contributed by atoms with van der Waals surface area (Å²) in [6, 6.07) is 0. The second kappa shape index (κ2) is 1.69. The van der Waals surface area contributed by atoms with Crippen LogP contribution in [0.1, 0.15) is 20.3 Å². The monoisotopic (exact) mass is 150 g/mol. The fraction of sp³-hybridized carbons (Fsp3) is 0.556. The molecule has 2 nitrogen and oxygen atoms in total. The van der Waals surface area contributed by atoms with Crippen LogP contribution in [-0.2, 0) is 0 Å². The Hall–Kier alpha value is -0.760. The molecule has 0 aromatic rings. The maximum Gasteiger partial charge on any atom is 0.0776 e. The van der Waals surface area contributed by atoms with E-state index in [2.05, 4.69) is 19.9 Å². The van der Waals surface area contributed by atoms with Crippen molar-refractivity contribution in [2.45, 2.75) is 25.8 Å². The number of hydrogen-bond donors (Lipinski definition) is 2. The molecular formula is C9H14N2. The minimum Gasteiger partial charge on any atom is -0.400 e. The van der Waals surface area contributed by atoms with Gasteiger partial charge in [0.25, 0.3) is 0 Å². The van der Waals surface area contributed by atoms with Gasteiger partial charge in [-0.25, -0.2) is 0 Å². The molecule has 0 radical (unpaired) electrons. The summed E-state index contributed by atoms with van der Waals surface area (Å²) in [6.07, 6.45) is 3.10. The molecule has 0 amide bonds. The number of rotatable bonds is 0. The van der Waals surface area contributed by atoms with Gasteiger partial charge in [-0.15, -0.1) is 0 Å². The molecule has 0 aromatic carbocycles. The molecule has 2 bridgehead atoms. The van der Waals surface area contributed by atoms with Gasteiger partial charge >= 0.3 is 0 Å². The molecule has 0 saturated carbocycles. The Bertz CT molecular complexity index is 275. The Morgan fingerprint density at radius 1 is 1.55 bits per heavy atom. The second-order valence-electron chi connectivity index (χ2n) is 3.71. The predicted molar refractivity (Wildman–Crippen MR) is 45.7 cm³/mol. The molecule has 60 valence electrons. The normalized spacial score (nSPS) is 41.7.